The molecule has 0 rings (SSSR count). The molecule has 588 valence electrons. The van der Waals surface area contributed by atoms with Gasteiger partial charge in [0.05, 0.1) is 26.4 Å². The van der Waals surface area contributed by atoms with E-state index < -0.39 is 97.5 Å². The van der Waals surface area contributed by atoms with Crippen molar-refractivity contribution in [1.82, 2.24) is 0 Å². The predicted octanol–water partition coefficient (Wildman–Crippen LogP) is 23.7. The number of rotatable bonds is 78. The van der Waals surface area contributed by atoms with Crippen LogP contribution in [0.25, 0.3) is 0 Å². The van der Waals surface area contributed by atoms with E-state index in [-0.39, 0.29) is 25.7 Å². The van der Waals surface area contributed by atoms with Gasteiger partial charge in [-0.25, -0.2) is 9.13 Å². The van der Waals surface area contributed by atoms with Crippen molar-refractivity contribution in [3.05, 3.63) is 0 Å². The number of aliphatic hydroxyl groups excluding tert-OH is 1. The maximum atomic E-state index is 13.1. The van der Waals surface area contributed by atoms with Gasteiger partial charge in [0, 0.05) is 25.7 Å². The van der Waals surface area contributed by atoms with Crippen LogP contribution in [0.3, 0.4) is 0 Å². The van der Waals surface area contributed by atoms with Crippen molar-refractivity contribution in [2.75, 3.05) is 39.6 Å². The van der Waals surface area contributed by atoms with Crippen LogP contribution in [0.1, 0.15) is 414 Å². The highest BCUT2D eigenvalue weighted by Gasteiger charge is 2.30. The summed E-state index contributed by atoms with van der Waals surface area (Å²) in [6.45, 7) is 12.0. The molecule has 0 heterocycles. The average Bonchev–Trinajstić information content (AvgIpc) is 1.04. The number of unbranched alkanes of at least 4 members (excludes halogenated alkanes) is 45. The zero-order chi connectivity index (χ0) is 73.0. The van der Waals surface area contributed by atoms with Crippen molar-refractivity contribution in [3.8, 4) is 0 Å². The number of aliphatic hydroxyl groups is 1. The maximum absolute atomic E-state index is 13.1. The first-order chi connectivity index (χ1) is 47.8. The fraction of sp³-hybridized carbons (Fsp3) is 0.950. The number of hydrogen-bond donors (Lipinski definition) is 3. The van der Waals surface area contributed by atoms with Gasteiger partial charge in [-0.2, -0.15) is 0 Å². The minimum Gasteiger partial charge on any atom is -0.462 e. The van der Waals surface area contributed by atoms with E-state index in [9.17, 15) is 43.2 Å². The fourth-order valence-electron chi connectivity index (χ4n) is 12.3. The van der Waals surface area contributed by atoms with Crippen LogP contribution < -0.4 is 0 Å². The molecule has 19 heteroatoms. The van der Waals surface area contributed by atoms with Gasteiger partial charge in [0.2, 0.25) is 0 Å². The molecule has 0 aromatic carbocycles. The second-order valence-electron chi connectivity index (χ2n) is 30.0. The highest BCUT2D eigenvalue weighted by atomic mass is 31.2. The lowest BCUT2D eigenvalue weighted by atomic mass is 9.99. The van der Waals surface area contributed by atoms with Crippen LogP contribution >= 0.6 is 15.6 Å². The molecule has 0 aromatic heterocycles. The number of carbonyl (C=O) groups is 4. The summed E-state index contributed by atoms with van der Waals surface area (Å²) < 4.78 is 68.7. The summed E-state index contributed by atoms with van der Waals surface area (Å²) in [5.74, 6) is 0.294. The van der Waals surface area contributed by atoms with Crippen molar-refractivity contribution >= 4 is 39.5 Å². The lowest BCUT2D eigenvalue weighted by Gasteiger charge is -2.21. The van der Waals surface area contributed by atoms with E-state index in [1.165, 1.54) is 225 Å². The highest BCUT2D eigenvalue weighted by Crippen LogP contribution is 2.45. The van der Waals surface area contributed by atoms with Gasteiger partial charge in [-0.3, -0.25) is 37.3 Å². The lowest BCUT2D eigenvalue weighted by Crippen LogP contribution is -2.30. The van der Waals surface area contributed by atoms with Crippen molar-refractivity contribution in [1.29, 1.82) is 0 Å². The number of phosphoric acid groups is 2. The van der Waals surface area contributed by atoms with Crippen LogP contribution in [0, 0.1) is 17.8 Å². The number of hydrogen-bond acceptors (Lipinski definition) is 15. The molecular formula is C80H156O17P2. The molecule has 6 atom stereocenters. The molecule has 3 N–H and O–H groups in total. The van der Waals surface area contributed by atoms with E-state index >= 15 is 0 Å². The Labute approximate surface area is 607 Å². The number of esters is 4. The average molecular weight is 1450 g/mol. The first kappa shape index (κ1) is 97.1. The molecule has 0 aromatic rings. The summed E-state index contributed by atoms with van der Waals surface area (Å²) in [7, 11) is -9.92. The molecule has 0 aliphatic carbocycles. The SMILES string of the molecule is CCCCCCCCCCCCCC(=O)OC[C@H](COP(=O)(O)OC[C@H](O)COP(=O)(O)OC[C@@H](COC(=O)CCCCCCCCCCCCCCC(C)C)OC(=O)CCCCCCCCCCCCCCCCC(C)CC)OC(=O)CCCCCCCCCCCCCCC(C)C. The molecule has 0 aliphatic rings. The van der Waals surface area contributed by atoms with E-state index in [0.717, 1.165) is 108 Å². The van der Waals surface area contributed by atoms with Gasteiger partial charge in [0.25, 0.3) is 0 Å². The third-order valence-electron chi connectivity index (χ3n) is 19.0. The van der Waals surface area contributed by atoms with Gasteiger partial charge in [-0.15, -0.1) is 0 Å². The second kappa shape index (κ2) is 70.4. The Morgan fingerprint density at radius 2 is 0.515 bits per heavy atom. The first-order valence-electron chi connectivity index (χ1n) is 41.4. The fourth-order valence-corrected chi connectivity index (χ4v) is 13.9. The monoisotopic (exact) mass is 1450 g/mol. The van der Waals surface area contributed by atoms with E-state index in [1.54, 1.807) is 0 Å². The standard InChI is InChI=1S/C80H156O17P2/c1-8-10-11-12-13-14-23-33-40-47-54-61-77(82)90-67-75(97-80(85)64-57-50-43-36-29-22-20-25-31-38-45-52-59-72(5)6)69-94-98(86,87)92-65-74(81)66-93-99(88,89)95-70-76(68-91-78(83)62-55-48-41-34-27-21-19-24-30-37-44-51-58-71(3)4)96-79(84)63-56-49-42-35-28-18-16-15-17-26-32-39-46-53-60-73(7)9-2/h71-76,81H,8-70H2,1-7H3,(H,86,87)(H,88,89)/t73?,74-,75+,76+/m0/s1. The molecule has 0 spiro atoms. The van der Waals surface area contributed by atoms with Crippen LogP contribution in [-0.4, -0.2) is 96.7 Å². The van der Waals surface area contributed by atoms with Gasteiger partial charge in [0.1, 0.15) is 19.3 Å². The molecule has 0 saturated carbocycles. The molecule has 0 aliphatic heterocycles. The minimum atomic E-state index is -4.96. The summed E-state index contributed by atoms with van der Waals surface area (Å²) in [5, 5.41) is 10.6. The largest absolute Gasteiger partial charge is 0.472 e. The molecule has 0 amide bonds. The Morgan fingerprint density at radius 1 is 0.293 bits per heavy atom. The summed E-state index contributed by atoms with van der Waals surface area (Å²) >= 11 is 0. The van der Waals surface area contributed by atoms with Gasteiger partial charge in [0.15, 0.2) is 12.2 Å². The minimum absolute atomic E-state index is 0.107. The quantitative estimate of drug-likeness (QED) is 0.0222. The topological polar surface area (TPSA) is 237 Å². The zero-order valence-electron chi connectivity index (χ0n) is 65.0. The van der Waals surface area contributed by atoms with Crippen LogP contribution in [0.2, 0.25) is 0 Å². The summed E-state index contributed by atoms with van der Waals surface area (Å²) in [5.41, 5.74) is 0. The summed E-state index contributed by atoms with van der Waals surface area (Å²) in [6.07, 6.45) is 58.0. The Balaban J connectivity index is 5.26. The first-order valence-corrected chi connectivity index (χ1v) is 44.4. The maximum Gasteiger partial charge on any atom is 0.472 e. The predicted molar refractivity (Wildman–Crippen MR) is 405 cm³/mol. The van der Waals surface area contributed by atoms with Crippen LogP contribution in [0.5, 0.6) is 0 Å². The molecule has 99 heavy (non-hydrogen) atoms. The van der Waals surface area contributed by atoms with Crippen molar-refractivity contribution in [2.24, 2.45) is 17.8 Å². The smallest absolute Gasteiger partial charge is 0.462 e. The third kappa shape index (κ3) is 72.8. The van der Waals surface area contributed by atoms with Crippen LogP contribution in [-0.2, 0) is 65.4 Å². The van der Waals surface area contributed by atoms with Gasteiger partial charge in [-0.05, 0) is 43.4 Å². The van der Waals surface area contributed by atoms with Gasteiger partial charge >= 0.3 is 39.5 Å². The molecule has 3 unspecified atom stereocenters. The van der Waals surface area contributed by atoms with E-state index in [0.29, 0.717) is 25.7 Å². The second-order valence-corrected chi connectivity index (χ2v) is 32.9. The van der Waals surface area contributed by atoms with Gasteiger partial charge in [-0.1, -0.05) is 363 Å². The molecule has 0 bridgehead atoms. The normalized spacial score (nSPS) is 14.3. The van der Waals surface area contributed by atoms with E-state index in [2.05, 4.69) is 48.5 Å². The molecule has 17 nitrogen and oxygen atoms in total. The van der Waals surface area contributed by atoms with E-state index in [1.807, 2.05) is 0 Å². The Morgan fingerprint density at radius 3 is 0.768 bits per heavy atom. The number of ether oxygens (including phenoxy) is 4. The summed E-state index contributed by atoms with van der Waals surface area (Å²) in [4.78, 5) is 73.0. The van der Waals surface area contributed by atoms with Crippen molar-refractivity contribution in [3.63, 3.8) is 0 Å². The third-order valence-corrected chi connectivity index (χ3v) is 20.9. The van der Waals surface area contributed by atoms with Crippen LogP contribution in [0.15, 0.2) is 0 Å². The van der Waals surface area contributed by atoms with Gasteiger partial charge < -0.3 is 33.8 Å². The van der Waals surface area contributed by atoms with Crippen molar-refractivity contribution in [2.45, 2.75) is 433 Å². The van der Waals surface area contributed by atoms with Crippen LogP contribution in [0.4, 0.5) is 0 Å². The number of carbonyl (C=O) groups excluding carboxylic acids is 4. The Hall–Kier alpha value is -1.94. The Kier molecular flexibility index (Phi) is 69.0. The Bertz CT molecular complexity index is 1920. The summed E-state index contributed by atoms with van der Waals surface area (Å²) in [6, 6.07) is 0. The molecular weight excluding hydrogens is 1290 g/mol. The molecule has 0 radical (unpaired) electrons. The zero-order valence-corrected chi connectivity index (χ0v) is 66.8. The lowest BCUT2D eigenvalue weighted by molar-refractivity contribution is -0.161. The highest BCUT2D eigenvalue weighted by molar-refractivity contribution is 7.47. The van der Waals surface area contributed by atoms with Crippen molar-refractivity contribution < 1.29 is 80.2 Å². The molecule has 0 saturated heterocycles. The van der Waals surface area contributed by atoms with E-state index in [4.69, 9.17) is 37.0 Å². The number of phosphoric ester groups is 2. The molecule has 0 fully saturated rings.